The highest BCUT2D eigenvalue weighted by Crippen LogP contribution is 2.27. The van der Waals surface area contributed by atoms with Crippen LogP contribution in [0.1, 0.15) is 31.2 Å². The summed E-state index contributed by atoms with van der Waals surface area (Å²) >= 11 is 3.00. The molecule has 6 heteroatoms. The first kappa shape index (κ1) is 12.6. The van der Waals surface area contributed by atoms with E-state index in [1.807, 2.05) is 0 Å². The highest BCUT2D eigenvalue weighted by atomic mass is 32.2. The van der Waals surface area contributed by atoms with E-state index in [1.54, 1.807) is 0 Å². The van der Waals surface area contributed by atoms with E-state index in [2.05, 4.69) is 24.0 Å². The topological polar surface area (TPSA) is 25.8 Å². The molecule has 2 nitrogen and oxygen atoms in total. The van der Waals surface area contributed by atoms with Gasteiger partial charge in [-0.05, 0) is 12.5 Å². The summed E-state index contributed by atoms with van der Waals surface area (Å²) in [6.45, 7) is 4.10. The van der Waals surface area contributed by atoms with Gasteiger partial charge < -0.3 is 0 Å². The number of thioether (sulfide) groups is 1. The van der Waals surface area contributed by atoms with Crippen molar-refractivity contribution in [2.24, 2.45) is 0 Å². The predicted octanol–water partition coefficient (Wildman–Crippen LogP) is 3.92. The van der Waals surface area contributed by atoms with Gasteiger partial charge in [-0.25, -0.2) is 0 Å². The van der Waals surface area contributed by atoms with Crippen LogP contribution in [-0.4, -0.2) is 16.0 Å². The molecule has 0 radical (unpaired) electrons. The molecule has 84 valence electrons. The minimum atomic E-state index is -1.62. The van der Waals surface area contributed by atoms with Crippen molar-refractivity contribution in [2.75, 3.05) is 5.75 Å². The zero-order valence-electron chi connectivity index (χ0n) is 8.54. The molecule has 0 aromatic carbocycles. The highest BCUT2D eigenvalue weighted by molar-refractivity contribution is 8.01. The first-order valence-corrected chi connectivity index (χ1v) is 6.37. The quantitative estimate of drug-likeness (QED) is 0.585. The summed E-state index contributed by atoms with van der Waals surface area (Å²) in [5.41, 5.74) is 0. The number of halogens is 2. The van der Waals surface area contributed by atoms with Gasteiger partial charge in [-0.15, -0.1) is 10.2 Å². The van der Waals surface area contributed by atoms with E-state index in [9.17, 15) is 8.78 Å². The van der Waals surface area contributed by atoms with Crippen LogP contribution in [0.15, 0.2) is 16.5 Å². The molecule has 0 atom stereocenters. The lowest BCUT2D eigenvalue weighted by Gasteiger charge is -1.94. The first-order chi connectivity index (χ1) is 7.09. The van der Waals surface area contributed by atoms with Gasteiger partial charge in [-0.3, -0.25) is 0 Å². The fourth-order valence-electron chi connectivity index (χ4n) is 0.826. The number of rotatable bonds is 5. The molecule has 0 unspecified atom stereocenters. The van der Waals surface area contributed by atoms with E-state index >= 15 is 0 Å². The lowest BCUT2D eigenvalue weighted by molar-refractivity contribution is 0.418. The van der Waals surface area contributed by atoms with E-state index in [0.29, 0.717) is 18.1 Å². The number of aromatic nitrogens is 2. The highest BCUT2D eigenvalue weighted by Gasteiger charge is 2.07. The molecule has 1 aromatic rings. The second-order valence-corrected chi connectivity index (χ2v) is 5.54. The van der Waals surface area contributed by atoms with Gasteiger partial charge in [0.2, 0.25) is 0 Å². The van der Waals surface area contributed by atoms with E-state index in [-0.39, 0.29) is 0 Å². The van der Waals surface area contributed by atoms with E-state index < -0.39 is 6.08 Å². The number of allylic oxidation sites excluding steroid dienone is 1. The van der Waals surface area contributed by atoms with Crippen LogP contribution in [0.4, 0.5) is 8.78 Å². The molecule has 0 amide bonds. The first-order valence-electron chi connectivity index (χ1n) is 4.57. The largest absolute Gasteiger partial charge is 0.266 e. The molecule has 0 aliphatic carbocycles. The lowest BCUT2D eigenvalue weighted by Crippen LogP contribution is -1.83. The van der Waals surface area contributed by atoms with Crippen molar-refractivity contribution in [1.82, 2.24) is 10.2 Å². The molecule has 0 saturated carbocycles. The zero-order chi connectivity index (χ0) is 11.3. The molecule has 0 aliphatic heterocycles. The summed E-state index contributed by atoms with van der Waals surface area (Å²) in [5.74, 6) is 0.990. The summed E-state index contributed by atoms with van der Waals surface area (Å²) < 4.78 is 24.2. The zero-order valence-corrected chi connectivity index (χ0v) is 10.2. The number of hydrogen-bond donors (Lipinski definition) is 0. The average molecular weight is 250 g/mol. The van der Waals surface area contributed by atoms with Crippen molar-refractivity contribution in [3.05, 3.63) is 17.2 Å². The molecule has 0 aliphatic rings. The molecule has 0 bridgehead atoms. The summed E-state index contributed by atoms with van der Waals surface area (Å²) in [7, 11) is 0. The van der Waals surface area contributed by atoms with Crippen molar-refractivity contribution < 1.29 is 8.78 Å². The second kappa shape index (κ2) is 6.17. The summed E-state index contributed by atoms with van der Waals surface area (Å²) in [6.07, 6.45) is -0.322. The Morgan fingerprint density at radius 1 is 1.47 bits per heavy atom. The van der Waals surface area contributed by atoms with Crippen LogP contribution in [-0.2, 0) is 0 Å². The average Bonchev–Trinajstić information content (AvgIpc) is 2.60. The Bertz CT molecular complexity index is 333. The third-order valence-corrected chi connectivity index (χ3v) is 3.95. The van der Waals surface area contributed by atoms with Crippen LogP contribution in [0, 0.1) is 0 Å². The SMILES string of the molecule is CC(C)c1nnc(SCCC=C(F)F)s1. The Balaban J connectivity index is 2.35. The van der Waals surface area contributed by atoms with Gasteiger partial charge in [0.15, 0.2) is 4.34 Å². The maximum absolute atomic E-state index is 11.7. The van der Waals surface area contributed by atoms with Crippen LogP contribution < -0.4 is 0 Å². The predicted molar refractivity (Wildman–Crippen MR) is 59.6 cm³/mol. The van der Waals surface area contributed by atoms with Gasteiger partial charge in [0, 0.05) is 11.7 Å². The Kier molecular flexibility index (Phi) is 5.17. The Morgan fingerprint density at radius 2 is 2.20 bits per heavy atom. The van der Waals surface area contributed by atoms with Gasteiger partial charge in [0.05, 0.1) is 0 Å². The van der Waals surface area contributed by atoms with Crippen molar-refractivity contribution in [3.8, 4) is 0 Å². The molecular weight excluding hydrogens is 238 g/mol. The Labute approximate surface area is 95.8 Å². The summed E-state index contributed by atoms with van der Waals surface area (Å²) in [4.78, 5) is 0. The minimum Gasteiger partial charge on any atom is -0.174 e. The van der Waals surface area contributed by atoms with Crippen molar-refractivity contribution in [2.45, 2.75) is 30.5 Å². The molecule has 0 N–H and O–H groups in total. The third-order valence-electron chi connectivity index (χ3n) is 1.56. The molecule has 1 aromatic heterocycles. The Hall–Kier alpha value is -0.490. The van der Waals surface area contributed by atoms with Crippen molar-refractivity contribution in [3.63, 3.8) is 0 Å². The maximum atomic E-state index is 11.7. The molecule has 1 rings (SSSR count). The third kappa shape index (κ3) is 4.70. The molecule has 0 fully saturated rings. The number of hydrogen-bond acceptors (Lipinski definition) is 4. The standard InChI is InChI=1S/C9H12F2N2S2/c1-6(2)8-12-13-9(15-8)14-5-3-4-7(10)11/h4,6H,3,5H2,1-2H3. The smallest absolute Gasteiger partial charge is 0.174 e. The fraction of sp³-hybridized carbons (Fsp3) is 0.556. The van der Waals surface area contributed by atoms with Gasteiger partial charge in [0.25, 0.3) is 6.08 Å². The Morgan fingerprint density at radius 3 is 2.73 bits per heavy atom. The normalized spacial score (nSPS) is 10.7. The summed E-state index contributed by atoms with van der Waals surface area (Å²) in [5, 5.41) is 8.98. The second-order valence-electron chi connectivity index (χ2n) is 3.19. The van der Waals surface area contributed by atoms with E-state index in [0.717, 1.165) is 15.4 Å². The van der Waals surface area contributed by atoms with Crippen LogP contribution in [0.5, 0.6) is 0 Å². The van der Waals surface area contributed by atoms with Gasteiger partial charge >= 0.3 is 0 Å². The molecule has 15 heavy (non-hydrogen) atoms. The van der Waals surface area contributed by atoms with Crippen molar-refractivity contribution in [1.29, 1.82) is 0 Å². The van der Waals surface area contributed by atoms with Gasteiger partial charge in [-0.1, -0.05) is 36.9 Å². The van der Waals surface area contributed by atoms with Crippen LogP contribution in [0.25, 0.3) is 0 Å². The maximum Gasteiger partial charge on any atom is 0.266 e. The molecule has 1 heterocycles. The van der Waals surface area contributed by atoms with Gasteiger partial charge in [-0.2, -0.15) is 8.78 Å². The van der Waals surface area contributed by atoms with Crippen LogP contribution in [0.3, 0.4) is 0 Å². The minimum absolute atomic E-state index is 0.365. The molecule has 0 saturated heterocycles. The van der Waals surface area contributed by atoms with Gasteiger partial charge in [0.1, 0.15) is 5.01 Å². The fourth-order valence-corrected chi connectivity index (χ4v) is 2.65. The van der Waals surface area contributed by atoms with Crippen molar-refractivity contribution >= 4 is 23.1 Å². The van der Waals surface area contributed by atoms with E-state index in [1.165, 1.54) is 23.1 Å². The molecular formula is C9H12F2N2S2. The van der Waals surface area contributed by atoms with Crippen LogP contribution >= 0.6 is 23.1 Å². The van der Waals surface area contributed by atoms with E-state index in [4.69, 9.17) is 0 Å². The monoisotopic (exact) mass is 250 g/mol. The molecule has 0 spiro atoms. The van der Waals surface area contributed by atoms with Crippen LogP contribution in [0.2, 0.25) is 0 Å². The lowest BCUT2D eigenvalue weighted by atomic mass is 10.2. The summed E-state index contributed by atoms with van der Waals surface area (Å²) in [6, 6.07) is 0. The number of nitrogens with zero attached hydrogens (tertiary/aromatic N) is 2.